The third-order valence-electron chi connectivity index (χ3n) is 0.155. The Morgan fingerprint density at radius 1 is 2.40 bits per heavy atom. The van der Waals surface area contributed by atoms with Crippen LogP contribution in [0, 0.1) is 0 Å². The van der Waals surface area contributed by atoms with Crippen LogP contribution >= 0.6 is 11.6 Å². The zero-order chi connectivity index (χ0) is 8.41. The quantitative estimate of drug-likeness (QED) is 0.495. The summed E-state index contributed by atoms with van der Waals surface area (Å²) in [6, 6.07) is 0. The molecule has 0 unspecified atom stereocenters. The Bertz CT molecular complexity index is 110. The normalized spacial score (nSPS) is 28.6. The van der Waals surface area contributed by atoms with Gasteiger partial charge in [-0.2, -0.15) is 0 Å². The van der Waals surface area contributed by atoms with Gasteiger partial charge in [0.05, 0.1) is 0 Å². The van der Waals surface area contributed by atoms with Gasteiger partial charge in [-0.05, 0) is 6.98 Å². The second kappa shape index (κ2) is 4.25. The van der Waals surface area contributed by atoms with Crippen LogP contribution in [0.3, 0.4) is 0 Å². The predicted octanol–water partition coefficient (Wildman–Crippen LogP) is 0.445. The average molecular weight is 98.6 g/mol. The van der Waals surface area contributed by atoms with Crippen LogP contribution in [0.4, 0.5) is 0 Å². The van der Waals surface area contributed by atoms with E-state index in [4.69, 9.17) is 18.5 Å². The van der Waals surface area contributed by atoms with E-state index in [-0.39, 0.29) is 5.88 Å². The molecule has 0 rings (SSSR count). The number of rotatable bonds is 2. The molecule has 0 bridgehead atoms. The van der Waals surface area contributed by atoms with E-state index in [9.17, 15) is 0 Å². The van der Waals surface area contributed by atoms with Crippen molar-refractivity contribution < 1.29 is 6.85 Å². The largest absolute Gasteiger partial charge is 0.319 e. The van der Waals surface area contributed by atoms with E-state index in [0.717, 1.165) is 0 Å². The first-order valence-electron chi connectivity index (χ1n) is 3.62. The molecule has 0 saturated carbocycles. The van der Waals surface area contributed by atoms with Gasteiger partial charge in [-0.25, -0.2) is 0 Å². The van der Waals surface area contributed by atoms with Crippen molar-refractivity contribution in [2.45, 2.75) is 0 Å². The first-order valence-corrected chi connectivity index (χ1v) is 1.66. The predicted molar refractivity (Wildman–Crippen MR) is 24.6 cm³/mol. The number of nitrogens with one attached hydrogen (secondary N) is 1. The number of hydrogen-bond acceptors (Lipinski definition) is 1. The first-order chi connectivity index (χ1) is 4.27. The second-order valence-electron chi connectivity index (χ2n) is 0.435. The molecular weight excluding hydrogens is 85.5 g/mol. The summed E-state index contributed by atoms with van der Waals surface area (Å²) in [5, 5.41) is 1.75. The van der Waals surface area contributed by atoms with Gasteiger partial charge >= 0.3 is 0 Å². The summed E-state index contributed by atoms with van der Waals surface area (Å²) >= 11 is 5.11. The lowest BCUT2D eigenvalue weighted by atomic mass is 10.8. The molecule has 0 saturated heterocycles. The Hall–Kier alpha value is 0.250. The molecule has 0 spiro atoms. The summed E-state index contributed by atoms with van der Waals surface area (Å²) in [5.74, 6) is -0.384. The van der Waals surface area contributed by atoms with E-state index in [2.05, 4.69) is 0 Å². The molecule has 0 aromatic heterocycles. The van der Waals surface area contributed by atoms with Gasteiger partial charge in [-0.3, -0.25) is 0 Å². The Kier molecular flexibility index (Phi) is 0.942. The molecule has 1 N–H and O–H groups in total. The molecule has 0 fully saturated rings. The van der Waals surface area contributed by atoms with Gasteiger partial charge in [0.1, 0.15) is 0 Å². The Morgan fingerprint density at radius 2 is 3.20 bits per heavy atom. The van der Waals surface area contributed by atoms with Crippen molar-refractivity contribution in [3.63, 3.8) is 0 Å². The highest BCUT2D eigenvalue weighted by molar-refractivity contribution is 6.18. The molecule has 0 amide bonds. The van der Waals surface area contributed by atoms with Gasteiger partial charge in [0.25, 0.3) is 0 Å². The molecule has 5 heavy (non-hydrogen) atoms. The fourth-order valence-corrected chi connectivity index (χ4v) is 0.100. The Morgan fingerprint density at radius 3 is 3.40 bits per heavy atom. The third kappa shape index (κ3) is 4.25. The van der Waals surface area contributed by atoms with Crippen molar-refractivity contribution in [1.82, 2.24) is 5.32 Å². The van der Waals surface area contributed by atoms with Gasteiger partial charge < -0.3 is 5.32 Å². The lowest BCUT2D eigenvalue weighted by molar-refractivity contribution is 0.869. The molecule has 0 aliphatic carbocycles. The highest BCUT2D eigenvalue weighted by Crippen LogP contribution is 1.64. The van der Waals surface area contributed by atoms with Crippen molar-refractivity contribution in [3.05, 3.63) is 0 Å². The van der Waals surface area contributed by atoms with Gasteiger partial charge in [0, 0.05) is 19.2 Å². The van der Waals surface area contributed by atoms with Crippen molar-refractivity contribution in [2.75, 3.05) is 19.4 Å². The summed E-state index contributed by atoms with van der Waals surface area (Å²) < 4.78 is 33.6. The highest BCUT2D eigenvalue weighted by Gasteiger charge is 1.67. The molecule has 0 heterocycles. The van der Waals surface area contributed by atoms with E-state index < -0.39 is 13.5 Å². The van der Waals surface area contributed by atoms with Crippen LogP contribution in [0.2, 0.25) is 0 Å². The molecular formula is C3H8ClN. The number of alkyl halides is 1. The summed E-state index contributed by atoms with van der Waals surface area (Å²) in [6.07, 6.45) is 0. The summed E-state index contributed by atoms with van der Waals surface area (Å²) in [4.78, 5) is 0. The second-order valence-corrected chi connectivity index (χ2v) is 0.703. The fraction of sp³-hybridized carbons (Fsp3) is 1.00. The van der Waals surface area contributed by atoms with E-state index in [1.807, 2.05) is 0 Å². The zero-order valence-corrected chi connectivity index (χ0v) is 3.34. The minimum absolute atomic E-state index is 0.384. The maximum atomic E-state index is 6.89. The van der Waals surface area contributed by atoms with Crippen LogP contribution in [-0.4, -0.2) is 19.4 Å². The molecule has 0 aliphatic rings. The first kappa shape index (κ1) is 1.11. The summed E-state index contributed by atoms with van der Waals surface area (Å²) in [5.41, 5.74) is 0. The maximum Gasteiger partial charge on any atom is 0.0440 e. The molecule has 0 aromatic carbocycles. The van der Waals surface area contributed by atoms with Crippen LogP contribution < -0.4 is 5.32 Å². The minimum atomic E-state index is -2.47. The van der Waals surface area contributed by atoms with Gasteiger partial charge in [-0.1, -0.05) is 0 Å². The van der Waals surface area contributed by atoms with Crippen molar-refractivity contribution in [1.29, 1.82) is 0 Å². The van der Waals surface area contributed by atoms with E-state index in [1.165, 1.54) is 0 Å². The topological polar surface area (TPSA) is 12.0 Å². The SMILES string of the molecule is [2H]C([2H])([2H])NC([2H])([2H])CCl. The highest BCUT2D eigenvalue weighted by atomic mass is 35.5. The Labute approximate surface area is 44.3 Å². The summed E-state index contributed by atoms with van der Waals surface area (Å²) in [6.45, 7) is -4.49. The van der Waals surface area contributed by atoms with Crippen LogP contribution in [0.25, 0.3) is 0 Å². The zero-order valence-electron chi connectivity index (χ0n) is 7.59. The summed E-state index contributed by atoms with van der Waals surface area (Å²) in [7, 11) is 0. The smallest absolute Gasteiger partial charge is 0.0440 e. The molecule has 0 radical (unpaired) electrons. The van der Waals surface area contributed by atoms with Crippen molar-refractivity contribution in [2.24, 2.45) is 0 Å². The van der Waals surface area contributed by atoms with Crippen LogP contribution in [0.1, 0.15) is 6.85 Å². The molecule has 32 valence electrons. The van der Waals surface area contributed by atoms with Crippen LogP contribution in [0.5, 0.6) is 0 Å². The lowest BCUT2D eigenvalue weighted by Gasteiger charge is -1.82. The number of hydrogen-bond donors (Lipinski definition) is 1. The van der Waals surface area contributed by atoms with Crippen molar-refractivity contribution >= 4 is 11.6 Å². The average Bonchev–Trinajstić information content (AvgIpc) is 1.60. The molecule has 1 nitrogen and oxygen atoms in total. The van der Waals surface area contributed by atoms with Crippen LogP contribution in [-0.2, 0) is 0 Å². The van der Waals surface area contributed by atoms with Gasteiger partial charge in [-0.15, -0.1) is 11.6 Å². The van der Waals surface area contributed by atoms with Gasteiger partial charge in [0.15, 0.2) is 0 Å². The molecule has 2 heteroatoms. The van der Waals surface area contributed by atoms with Gasteiger partial charge in [0.2, 0.25) is 0 Å². The van der Waals surface area contributed by atoms with Crippen LogP contribution in [0.15, 0.2) is 0 Å². The molecule has 0 aliphatic heterocycles. The minimum Gasteiger partial charge on any atom is -0.319 e. The fourth-order valence-electron chi connectivity index (χ4n) is 0.0334. The number of halogens is 1. The van der Waals surface area contributed by atoms with Crippen molar-refractivity contribution in [3.8, 4) is 0 Å². The third-order valence-corrected chi connectivity index (χ3v) is 0.289. The Balaban J connectivity index is 3.89. The molecule has 0 aromatic rings. The maximum absolute atomic E-state index is 6.89. The molecule has 0 atom stereocenters. The van der Waals surface area contributed by atoms with E-state index in [1.54, 1.807) is 5.32 Å². The van der Waals surface area contributed by atoms with E-state index in [0.29, 0.717) is 0 Å². The van der Waals surface area contributed by atoms with E-state index >= 15 is 0 Å². The standard InChI is InChI=1S/C3H8ClN/c1-5-3-2-4/h5H,2-3H2,1H3/i1D3,3D2. The monoisotopic (exact) mass is 98.1 g/mol. The lowest BCUT2D eigenvalue weighted by Crippen LogP contribution is -2.07.